The molecule has 3 aromatic carbocycles. The first-order chi connectivity index (χ1) is 17.0. The summed E-state index contributed by atoms with van der Waals surface area (Å²) in [6, 6.07) is 9.84. The lowest BCUT2D eigenvalue weighted by molar-refractivity contribution is 0.0685. The second-order valence-electron chi connectivity index (χ2n) is 8.69. The zero-order chi connectivity index (χ0) is 26.7. The van der Waals surface area contributed by atoms with Crippen molar-refractivity contribution in [1.82, 2.24) is 0 Å². The summed E-state index contributed by atoms with van der Waals surface area (Å²) in [4.78, 5) is 25.3. The number of carbonyl (C=O) groups is 2. The minimum Gasteiger partial charge on any atom is -0.496 e. The first-order valence-corrected chi connectivity index (χ1v) is 11.5. The highest BCUT2D eigenvalue weighted by Gasteiger charge is 2.29. The van der Waals surface area contributed by atoms with Crippen molar-refractivity contribution in [2.75, 3.05) is 14.2 Å². The van der Waals surface area contributed by atoms with Crippen LogP contribution in [0.15, 0.2) is 30.3 Å². The highest BCUT2D eigenvalue weighted by molar-refractivity contribution is 6.01. The number of hydrogen-bond acceptors (Lipinski definition) is 6. The minimum atomic E-state index is -1.12. The van der Waals surface area contributed by atoms with Gasteiger partial charge < -0.3 is 24.1 Å². The van der Waals surface area contributed by atoms with Crippen LogP contribution in [0, 0.1) is 41.5 Å². The molecule has 0 saturated carbocycles. The van der Waals surface area contributed by atoms with Crippen molar-refractivity contribution in [3.63, 3.8) is 0 Å². The number of ether oxygens (including phenoxy) is 4. The maximum Gasteiger partial charge on any atom is 0.344 e. The predicted molar refractivity (Wildman–Crippen MR) is 137 cm³/mol. The monoisotopic (exact) mass is 492 g/mol. The van der Waals surface area contributed by atoms with Gasteiger partial charge >= 0.3 is 11.9 Å². The third-order valence-electron chi connectivity index (χ3n) is 6.63. The van der Waals surface area contributed by atoms with Crippen LogP contribution in [-0.4, -0.2) is 31.3 Å². The first-order valence-electron chi connectivity index (χ1n) is 11.5. The number of methoxy groups -OCH3 is 2. The molecule has 0 amide bonds. The van der Waals surface area contributed by atoms with Crippen molar-refractivity contribution in [3.05, 3.63) is 80.4 Å². The summed E-state index contributed by atoms with van der Waals surface area (Å²) in [6.45, 7) is 11.0. The van der Waals surface area contributed by atoms with Crippen LogP contribution in [-0.2, 0) is 6.61 Å². The number of carboxylic acid groups (broad SMARTS) is 1. The van der Waals surface area contributed by atoms with Crippen LogP contribution in [0.1, 0.15) is 59.7 Å². The van der Waals surface area contributed by atoms with E-state index in [-0.39, 0.29) is 16.9 Å². The van der Waals surface area contributed by atoms with Gasteiger partial charge in [0.15, 0.2) is 11.5 Å². The topological polar surface area (TPSA) is 91.3 Å². The fourth-order valence-corrected chi connectivity index (χ4v) is 4.47. The first kappa shape index (κ1) is 26.6. The molecule has 3 aromatic rings. The van der Waals surface area contributed by atoms with E-state index in [0.717, 1.165) is 11.1 Å². The predicted octanol–water partition coefficient (Wildman–Crippen LogP) is 6.05. The summed E-state index contributed by atoms with van der Waals surface area (Å²) in [5.74, 6) is -0.244. The minimum absolute atomic E-state index is 0.0319. The van der Waals surface area contributed by atoms with E-state index in [9.17, 15) is 14.7 Å². The molecule has 0 heterocycles. The van der Waals surface area contributed by atoms with Gasteiger partial charge in [-0.2, -0.15) is 0 Å². The Bertz CT molecular complexity index is 1320. The molecule has 0 aliphatic heterocycles. The van der Waals surface area contributed by atoms with Gasteiger partial charge in [-0.15, -0.1) is 0 Å². The third kappa shape index (κ3) is 4.73. The molecule has 7 heteroatoms. The lowest BCUT2D eigenvalue weighted by atomic mass is 9.92. The Kier molecular flexibility index (Phi) is 7.93. The number of carbonyl (C=O) groups excluding carboxylic acids is 1. The highest BCUT2D eigenvalue weighted by atomic mass is 16.6. The number of esters is 1. The molecule has 0 spiro atoms. The Hall–Kier alpha value is -4.00. The number of hydrogen-bond donors (Lipinski definition) is 1. The number of aromatic carboxylic acids is 1. The molecule has 1 N–H and O–H groups in total. The summed E-state index contributed by atoms with van der Waals surface area (Å²) in [5.41, 5.74) is 4.92. The third-order valence-corrected chi connectivity index (χ3v) is 6.63. The van der Waals surface area contributed by atoms with E-state index in [1.54, 1.807) is 20.8 Å². The van der Waals surface area contributed by atoms with Crippen molar-refractivity contribution in [1.29, 1.82) is 0 Å². The molecular weight excluding hydrogens is 460 g/mol. The second-order valence-corrected chi connectivity index (χ2v) is 8.69. The molecule has 36 heavy (non-hydrogen) atoms. The van der Waals surface area contributed by atoms with E-state index in [0.29, 0.717) is 51.7 Å². The SMILES string of the molecule is COc1c(C)c(OCc2ccccc2)c(C)c(C)c1OC(=O)c1c(C)c(C)c(C(=O)O)c(OC)c1C. The lowest BCUT2D eigenvalue weighted by Gasteiger charge is -2.22. The van der Waals surface area contributed by atoms with Gasteiger partial charge in [-0.05, 0) is 63.8 Å². The van der Waals surface area contributed by atoms with Gasteiger partial charge in [0.25, 0.3) is 0 Å². The highest BCUT2D eigenvalue weighted by Crippen LogP contribution is 2.44. The Balaban J connectivity index is 2.06. The number of benzene rings is 3. The van der Waals surface area contributed by atoms with Crippen molar-refractivity contribution in [2.24, 2.45) is 0 Å². The van der Waals surface area contributed by atoms with Crippen molar-refractivity contribution < 1.29 is 33.6 Å². The van der Waals surface area contributed by atoms with Crippen molar-refractivity contribution in [2.45, 2.75) is 48.1 Å². The summed E-state index contributed by atoms with van der Waals surface area (Å²) < 4.78 is 23.1. The summed E-state index contributed by atoms with van der Waals surface area (Å²) in [5, 5.41) is 9.67. The molecule has 190 valence electrons. The molecule has 0 unspecified atom stereocenters. The lowest BCUT2D eigenvalue weighted by Crippen LogP contribution is -2.18. The van der Waals surface area contributed by atoms with Crippen LogP contribution < -0.4 is 18.9 Å². The maximum atomic E-state index is 13.5. The molecule has 0 saturated heterocycles. The van der Waals surface area contributed by atoms with Crippen LogP contribution in [0.2, 0.25) is 0 Å². The van der Waals surface area contributed by atoms with Crippen LogP contribution in [0.25, 0.3) is 0 Å². The quantitative estimate of drug-likeness (QED) is 0.302. The van der Waals surface area contributed by atoms with Gasteiger partial charge in [-0.25, -0.2) is 9.59 Å². The molecule has 0 aliphatic carbocycles. The smallest absolute Gasteiger partial charge is 0.344 e. The molecular formula is C29H32O7. The van der Waals surface area contributed by atoms with Crippen molar-refractivity contribution in [3.8, 4) is 23.0 Å². The van der Waals surface area contributed by atoms with E-state index < -0.39 is 11.9 Å². The Morgan fingerprint density at radius 2 is 1.22 bits per heavy atom. The van der Waals surface area contributed by atoms with E-state index in [1.807, 2.05) is 51.1 Å². The molecule has 0 aromatic heterocycles. The number of rotatable bonds is 8. The zero-order valence-corrected chi connectivity index (χ0v) is 22.0. The van der Waals surface area contributed by atoms with Gasteiger partial charge in [0.2, 0.25) is 0 Å². The Morgan fingerprint density at radius 3 is 1.78 bits per heavy atom. The normalized spacial score (nSPS) is 10.7. The molecule has 0 aliphatic rings. The van der Waals surface area contributed by atoms with Crippen LogP contribution in [0.3, 0.4) is 0 Å². The fraction of sp³-hybridized carbons (Fsp3) is 0.310. The van der Waals surface area contributed by atoms with Gasteiger partial charge in [0, 0.05) is 16.7 Å². The van der Waals surface area contributed by atoms with E-state index in [1.165, 1.54) is 14.2 Å². The van der Waals surface area contributed by atoms with Crippen LogP contribution in [0.4, 0.5) is 0 Å². The Labute approximate surface area is 211 Å². The summed E-state index contributed by atoms with van der Waals surface area (Å²) >= 11 is 0. The van der Waals surface area contributed by atoms with Gasteiger partial charge in [-0.3, -0.25) is 0 Å². The van der Waals surface area contributed by atoms with Crippen LogP contribution in [0.5, 0.6) is 23.0 Å². The average molecular weight is 493 g/mol. The van der Waals surface area contributed by atoms with Gasteiger partial charge in [-0.1, -0.05) is 30.3 Å². The molecule has 0 radical (unpaired) electrons. The van der Waals surface area contributed by atoms with E-state index in [4.69, 9.17) is 18.9 Å². The standard InChI is InChI=1S/C29H32O7/c1-15-16(2)23(28(30)31)25(33-7)19(5)22(15)29(32)36-27-18(4)17(3)24(20(6)26(27)34-8)35-14-21-12-10-9-11-13-21/h9-13H,14H2,1-8H3,(H,30,31). The van der Waals surface area contributed by atoms with E-state index >= 15 is 0 Å². The Morgan fingerprint density at radius 1 is 0.667 bits per heavy atom. The molecule has 0 bridgehead atoms. The molecule has 0 atom stereocenters. The average Bonchev–Trinajstić information content (AvgIpc) is 2.85. The van der Waals surface area contributed by atoms with E-state index in [2.05, 4.69) is 0 Å². The van der Waals surface area contributed by atoms with Gasteiger partial charge in [0.05, 0.1) is 19.8 Å². The fourth-order valence-electron chi connectivity index (χ4n) is 4.47. The van der Waals surface area contributed by atoms with Crippen LogP contribution >= 0.6 is 0 Å². The molecule has 3 rings (SSSR count). The second kappa shape index (κ2) is 10.7. The molecule has 0 fully saturated rings. The largest absolute Gasteiger partial charge is 0.496 e. The number of carboxylic acids is 1. The summed E-state index contributed by atoms with van der Waals surface area (Å²) in [7, 11) is 2.90. The summed E-state index contributed by atoms with van der Waals surface area (Å²) in [6.07, 6.45) is 0. The van der Waals surface area contributed by atoms with Gasteiger partial charge in [0.1, 0.15) is 23.7 Å². The maximum absolute atomic E-state index is 13.5. The molecule has 7 nitrogen and oxygen atoms in total. The van der Waals surface area contributed by atoms with Crippen molar-refractivity contribution >= 4 is 11.9 Å². The zero-order valence-electron chi connectivity index (χ0n) is 22.0.